The molecule has 0 saturated carbocycles. The minimum Gasteiger partial charge on any atom is -0.385 e. The van der Waals surface area contributed by atoms with E-state index in [1.807, 2.05) is 36.2 Å². The number of hydrogen-bond acceptors (Lipinski definition) is 4. The molecule has 1 aromatic carbocycles. The maximum absolute atomic E-state index is 12.1. The van der Waals surface area contributed by atoms with E-state index < -0.39 is 0 Å². The summed E-state index contributed by atoms with van der Waals surface area (Å²) in [5.41, 5.74) is 1.82. The van der Waals surface area contributed by atoms with Crippen molar-refractivity contribution in [3.63, 3.8) is 0 Å². The molecule has 1 amide bonds. The summed E-state index contributed by atoms with van der Waals surface area (Å²) in [6.45, 7) is 1.98. The summed E-state index contributed by atoms with van der Waals surface area (Å²) in [7, 11) is 3.62. The lowest BCUT2D eigenvalue weighted by atomic mass is 10.2. The fourth-order valence-electron chi connectivity index (χ4n) is 2.23. The van der Waals surface area contributed by atoms with Crippen LogP contribution in [0, 0.1) is 0 Å². The first-order chi connectivity index (χ1) is 11.2. The van der Waals surface area contributed by atoms with Crippen LogP contribution in [0.1, 0.15) is 22.3 Å². The van der Waals surface area contributed by atoms with Gasteiger partial charge in [0.05, 0.1) is 0 Å². The predicted molar refractivity (Wildman–Crippen MR) is 91.6 cm³/mol. The molecule has 0 spiro atoms. The molecule has 0 fully saturated rings. The van der Waals surface area contributed by atoms with Crippen LogP contribution in [0.25, 0.3) is 0 Å². The Morgan fingerprint density at radius 3 is 2.78 bits per heavy atom. The molecule has 0 saturated heterocycles. The highest BCUT2D eigenvalue weighted by Crippen LogP contribution is 2.14. The van der Waals surface area contributed by atoms with E-state index in [-0.39, 0.29) is 5.91 Å². The van der Waals surface area contributed by atoms with Crippen molar-refractivity contribution in [1.29, 1.82) is 0 Å². The highest BCUT2D eigenvalue weighted by atomic mass is 16.5. The first kappa shape index (κ1) is 17.0. The fourth-order valence-corrected chi connectivity index (χ4v) is 2.23. The topological polar surface area (TPSA) is 54.5 Å². The molecule has 0 unspecified atom stereocenters. The van der Waals surface area contributed by atoms with Crippen molar-refractivity contribution in [3.05, 3.63) is 59.8 Å². The maximum atomic E-state index is 12.1. The molecule has 5 nitrogen and oxygen atoms in total. The van der Waals surface area contributed by atoms with Gasteiger partial charge in [0.2, 0.25) is 0 Å². The molecule has 0 aliphatic heterocycles. The molecule has 0 aliphatic rings. The number of amides is 1. The molecule has 0 radical (unpaired) electrons. The first-order valence-corrected chi connectivity index (χ1v) is 7.69. The van der Waals surface area contributed by atoms with E-state index in [1.165, 1.54) is 5.56 Å². The van der Waals surface area contributed by atoms with Crippen LogP contribution in [0.3, 0.4) is 0 Å². The van der Waals surface area contributed by atoms with E-state index in [1.54, 1.807) is 19.4 Å². The standard InChI is InChI=1S/C18H23N3O2/c1-21(14-15-7-4-3-5-8-15)17-13-16(9-11-19-17)18(22)20-10-6-12-23-2/h3-5,7-9,11,13H,6,10,12,14H2,1-2H3,(H,20,22). The van der Waals surface area contributed by atoms with Gasteiger partial charge in [0, 0.05) is 45.6 Å². The van der Waals surface area contributed by atoms with Gasteiger partial charge in [-0.1, -0.05) is 30.3 Å². The van der Waals surface area contributed by atoms with Crippen LogP contribution < -0.4 is 10.2 Å². The quantitative estimate of drug-likeness (QED) is 0.761. The van der Waals surface area contributed by atoms with Crippen molar-refractivity contribution < 1.29 is 9.53 Å². The predicted octanol–water partition coefficient (Wildman–Crippen LogP) is 2.48. The fraction of sp³-hybridized carbons (Fsp3) is 0.333. The SMILES string of the molecule is COCCCNC(=O)c1ccnc(N(C)Cc2ccccc2)c1. The van der Waals surface area contributed by atoms with Gasteiger partial charge >= 0.3 is 0 Å². The molecule has 0 atom stereocenters. The van der Waals surface area contributed by atoms with Gasteiger partial charge in [-0.15, -0.1) is 0 Å². The Morgan fingerprint density at radius 1 is 1.26 bits per heavy atom. The lowest BCUT2D eigenvalue weighted by Gasteiger charge is -2.18. The minimum absolute atomic E-state index is 0.0853. The van der Waals surface area contributed by atoms with E-state index in [0.717, 1.165) is 18.8 Å². The Labute approximate surface area is 137 Å². The zero-order chi connectivity index (χ0) is 16.5. The van der Waals surface area contributed by atoms with E-state index in [0.29, 0.717) is 18.7 Å². The Kier molecular flexibility index (Phi) is 6.56. The second-order valence-corrected chi connectivity index (χ2v) is 5.35. The van der Waals surface area contributed by atoms with E-state index >= 15 is 0 Å². The van der Waals surface area contributed by atoms with Crippen molar-refractivity contribution in [2.24, 2.45) is 0 Å². The van der Waals surface area contributed by atoms with Gasteiger partial charge in [-0.3, -0.25) is 4.79 Å². The molecule has 5 heteroatoms. The number of hydrogen-bond donors (Lipinski definition) is 1. The zero-order valence-electron chi connectivity index (χ0n) is 13.7. The van der Waals surface area contributed by atoms with E-state index in [2.05, 4.69) is 22.4 Å². The normalized spacial score (nSPS) is 10.3. The van der Waals surface area contributed by atoms with Gasteiger partial charge in [-0.05, 0) is 24.1 Å². The van der Waals surface area contributed by atoms with Crippen LogP contribution in [-0.2, 0) is 11.3 Å². The average Bonchev–Trinajstić information content (AvgIpc) is 2.59. The molecule has 2 aromatic rings. The summed E-state index contributed by atoms with van der Waals surface area (Å²) >= 11 is 0. The number of carbonyl (C=O) groups is 1. The Hall–Kier alpha value is -2.40. The summed E-state index contributed by atoms with van der Waals surface area (Å²) < 4.78 is 4.97. The van der Waals surface area contributed by atoms with Gasteiger partial charge in [-0.25, -0.2) is 4.98 Å². The summed E-state index contributed by atoms with van der Waals surface area (Å²) in [5.74, 6) is 0.691. The van der Waals surface area contributed by atoms with Crippen LogP contribution in [0.5, 0.6) is 0 Å². The Bertz CT molecular complexity index is 617. The second-order valence-electron chi connectivity index (χ2n) is 5.35. The molecule has 1 heterocycles. The van der Waals surface area contributed by atoms with Crippen LogP contribution >= 0.6 is 0 Å². The summed E-state index contributed by atoms with van der Waals surface area (Å²) in [6, 6.07) is 13.7. The molecule has 23 heavy (non-hydrogen) atoms. The lowest BCUT2D eigenvalue weighted by Crippen LogP contribution is -2.26. The number of methoxy groups -OCH3 is 1. The Morgan fingerprint density at radius 2 is 2.04 bits per heavy atom. The van der Waals surface area contributed by atoms with Crippen LogP contribution in [0.4, 0.5) is 5.82 Å². The number of carbonyl (C=O) groups excluding carboxylic acids is 1. The summed E-state index contributed by atoms with van der Waals surface area (Å²) in [4.78, 5) is 18.5. The molecular weight excluding hydrogens is 290 g/mol. The number of nitrogens with zero attached hydrogens (tertiary/aromatic N) is 2. The summed E-state index contributed by atoms with van der Waals surface area (Å²) in [5, 5.41) is 2.88. The Balaban J connectivity index is 1.97. The van der Waals surface area contributed by atoms with Crippen molar-refractivity contribution in [3.8, 4) is 0 Å². The molecule has 0 aliphatic carbocycles. The number of pyridine rings is 1. The first-order valence-electron chi connectivity index (χ1n) is 7.69. The molecule has 122 valence electrons. The number of benzene rings is 1. The molecule has 0 bridgehead atoms. The third kappa shape index (κ3) is 5.38. The third-order valence-electron chi connectivity index (χ3n) is 3.47. The largest absolute Gasteiger partial charge is 0.385 e. The van der Waals surface area contributed by atoms with Crippen LogP contribution in [-0.4, -0.2) is 38.2 Å². The van der Waals surface area contributed by atoms with Gasteiger partial charge in [0.15, 0.2) is 0 Å². The van der Waals surface area contributed by atoms with Crippen LogP contribution in [0.15, 0.2) is 48.7 Å². The number of rotatable bonds is 8. The molecule has 1 aromatic heterocycles. The lowest BCUT2D eigenvalue weighted by molar-refractivity contribution is 0.0948. The van der Waals surface area contributed by atoms with E-state index in [4.69, 9.17) is 4.74 Å². The van der Waals surface area contributed by atoms with Crippen molar-refractivity contribution in [2.45, 2.75) is 13.0 Å². The molecular formula is C18H23N3O2. The second kappa shape index (κ2) is 8.90. The number of aromatic nitrogens is 1. The molecule has 2 rings (SSSR count). The number of nitrogens with one attached hydrogen (secondary N) is 1. The van der Waals surface area contributed by atoms with Gasteiger partial charge in [0.1, 0.15) is 5.82 Å². The monoisotopic (exact) mass is 313 g/mol. The minimum atomic E-state index is -0.0853. The summed E-state index contributed by atoms with van der Waals surface area (Å²) in [6.07, 6.45) is 2.47. The zero-order valence-corrected chi connectivity index (χ0v) is 13.7. The van der Waals surface area contributed by atoms with Crippen LogP contribution in [0.2, 0.25) is 0 Å². The number of ether oxygens (including phenoxy) is 1. The van der Waals surface area contributed by atoms with Crippen molar-refractivity contribution in [2.75, 3.05) is 32.2 Å². The van der Waals surface area contributed by atoms with Crippen molar-refractivity contribution in [1.82, 2.24) is 10.3 Å². The smallest absolute Gasteiger partial charge is 0.251 e. The third-order valence-corrected chi connectivity index (χ3v) is 3.47. The van der Waals surface area contributed by atoms with Gasteiger partial charge in [-0.2, -0.15) is 0 Å². The van der Waals surface area contributed by atoms with Gasteiger partial charge < -0.3 is 15.0 Å². The van der Waals surface area contributed by atoms with Gasteiger partial charge in [0.25, 0.3) is 5.91 Å². The maximum Gasteiger partial charge on any atom is 0.251 e. The average molecular weight is 313 g/mol. The number of anilines is 1. The van der Waals surface area contributed by atoms with E-state index in [9.17, 15) is 4.79 Å². The highest BCUT2D eigenvalue weighted by molar-refractivity contribution is 5.94. The molecule has 1 N–H and O–H groups in total. The highest BCUT2D eigenvalue weighted by Gasteiger charge is 2.09. The van der Waals surface area contributed by atoms with Crippen molar-refractivity contribution >= 4 is 11.7 Å².